The first-order chi connectivity index (χ1) is 6.72. The summed E-state index contributed by atoms with van der Waals surface area (Å²) in [4.78, 5) is 15.9. The molecule has 0 atom stereocenters. The highest BCUT2D eigenvalue weighted by Gasteiger charge is 2.06. The normalized spacial score (nSPS) is 12.3. The maximum atomic E-state index is 10.5. The van der Waals surface area contributed by atoms with Crippen LogP contribution in [0, 0.1) is 6.92 Å². The second-order valence-electron chi connectivity index (χ2n) is 3.14. The van der Waals surface area contributed by atoms with Crippen LogP contribution in [0.4, 0.5) is 0 Å². The van der Waals surface area contributed by atoms with Crippen molar-refractivity contribution < 1.29 is 4.79 Å². The molecule has 2 aromatic rings. The number of nitrogens with zero attached hydrogens (tertiary/aromatic N) is 2. The number of aromatic nitrogens is 2. The van der Waals surface area contributed by atoms with Gasteiger partial charge in [-0.1, -0.05) is 0 Å². The van der Waals surface area contributed by atoms with Gasteiger partial charge in [0.25, 0.3) is 0 Å². The molecule has 0 N–H and O–H groups in total. The summed E-state index contributed by atoms with van der Waals surface area (Å²) in [5.74, 6) is 0. The van der Waals surface area contributed by atoms with Crippen molar-refractivity contribution in [2.75, 3.05) is 0 Å². The third-order valence-electron chi connectivity index (χ3n) is 2.03. The van der Waals surface area contributed by atoms with Crippen LogP contribution in [0.3, 0.4) is 0 Å². The molecule has 0 bridgehead atoms. The molecule has 3 nitrogen and oxygen atoms in total. The van der Waals surface area contributed by atoms with Crippen molar-refractivity contribution in [2.45, 2.75) is 13.8 Å². The van der Waals surface area contributed by atoms with E-state index < -0.39 is 0 Å². The molecule has 0 saturated heterocycles. The van der Waals surface area contributed by atoms with Crippen LogP contribution in [-0.4, -0.2) is 15.7 Å². The first-order valence-electron chi connectivity index (χ1n) is 4.28. The Labute approximate surface area is 85.7 Å². The second-order valence-corrected chi connectivity index (χ2v) is 4.02. The van der Waals surface area contributed by atoms with Crippen LogP contribution in [0.5, 0.6) is 0 Å². The molecule has 0 radical (unpaired) electrons. The van der Waals surface area contributed by atoms with Crippen LogP contribution in [-0.2, 0) is 4.79 Å². The molecular weight excluding hydrogens is 196 g/mol. The number of imidazole rings is 1. The number of carbonyl (C=O) groups excluding carboxylic acids is 1. The lowest BCUT2D eigenvalue weighted by atomic mass is 10.2. The first kappa shape index (κ1) is 9.15. The molecule has 0 spiro atoms. The quantitative estimate of drug-likeness (QED) is 0.558. The molecular formula is C10H10N2OS. The van der Waals surface area contributed by atoms with E-state index >= 15 is 0 Å². The van der Waals surface area contributed by atoms with Crippen LogP contribution >= 0.6 is 11.3 Å². The predicted octanol–water partition coefficient (Wildman–Crippen LogP) is 2.31. The van der Waals surface area contributed by atoms with Gasteiger partial charge in [0.05, 0.1) is 11.4 Å². The summed E-state index contributed by atoms with van der Waals surface area (Å²) in [6.07, 6.45) is 4.67. The van der Waals surface area contributed by atoms with E-state index in [1.807, 2.05) is 29.0 Å². The summed E-state index contributed by atoms with van der Waals surface area (Å²) in [6.45, 7) is 3.74. The van der Waals surface area contributed by atoms with Crippen molar-refractivity contribution in [3.8, 4) is 0 Å². The topological polar surface area (TPSA) is 34.4 Å². The van der Waals surface area contributed by atoms with Crippen LogP contribution in [0.15, 0.2) is 17.2 Å². The Hall–Kier alpha value is -1.42. The van der Waals surface area contributed by atoms with Gasteiger partial charge in [0.1, 0.15) is 6.29 Å². The monoisotopic (exact) mass is 206 g/mol. The Morgan fingerprint density at radius 2 is 2.43 bits per heavy atom. The SMILES string of the molecule is C/C(C=O)=C/c1c(C)nc2sccn12. The van der Waals surface area contributed by atoms with E-state index in [0.717, 1.165) is 22.6 Å². The second kappa shape index (κ2) is 3.38. The largest absolute Gasteiger partial charge is 0.298 e. The number of fused-ring (bicyclic) bond motifs is 1. The van der Waals surface area contributed by atoms with Gasteiger partial charge in [0.2, 0.25) is 0 Å². The lowest BCUT2D eigenvalue weighted by molar-refractivity contribution is -0.104. The third kappa shape index (κ3) is 1.37. The number of allylic oxidation sites excluding steroid dienone is 1. The zero-order chi connectivity index (χ0) is 10.1. The summed E-state index contributed by atoms with van der Waals surface area (Å²) < 4.78 is 1.99. The zero-order valence-corrected chi connectivity index (χ0v) is 8.84. The summed E-state index contributed by atoms with van der Waals surface area (Å²) in [5.41, 5.74) is 2.66. The molecule has 72 valence electrons. The Balaban J connectivity index is 2.65. The predicted molar refractivity (Wildman–Crippen MR) is 57.5 cm³/mol. The van der Waals surface area contributed by atoms with Crippen molar-refractivity contribution in [3.05, 3.63) is 28.5 Å². The van der Waals surface area contributed by atoms with Crippen LogP contribution in [0.1, 0.15) is 18.3 Å². The molecule has 2 rings (SSSR count). The minimum absolute atomic E-state index is 0.709. The average Bonchev–Trinajstić information content (AvgIpc) is 2.70. The molecule has 0 aliphatic heterocycles. The number of hydrogen-bond donors (Lipinski definition) is 0. The van der Waals surface area contributed by atoms with Gasteiger partial charge in [0.15, 0.2) is 4.96 Å². The van der Waals surface area contributed by atoms with E-state index in [1.165, 1.54) is 0 Å². The lowest BCUT2D eigenvalue weighted by Crippen LogP contribution is -1.85. The van der Waals surface area contributed by atoms with E-state index in [0.29, 0.717) is 5.57 Å². The molecule has 0 amide bonds. The van der Waals surface area contributed by atoms with Crippen LogP contribution in [0.2, 0.25) is 0 Å². The fourth-order valence-corrected chi connectivity index (χ4v) is 2.10. The van der Waals surface area contributed by atoms with Gasteiger partial charge in [-0.25, -0.2) is 4.98 Å². The minimum Gasteiger partial charge on any atom is -0.298 e. The molecule has 14 heavy (non-hydrogen) atoms. The fraction of sp³-hybridized carbons (Fsp3) is 0.200. The van der Waals surface area contributed by atoms with E-state index in [4.69, 9.17) is 0 Å². The number of thiazole rings is 1. The molecule has 0 aliphatic carbocycles. The molecule has 4 heteroatoms. The minimum atomic E-state index is 0.709. The van der Waals surface area contributed by atoms with E-state index in [1.54, 1.807) is 18.3 Å². The lowest BCUT2D eigenvalue weighted by Gasteiger charge is -1.93. The van der Waals surface area contributed by atoms with Gasteiger partial charge >= 0.3 is 0 Å². The highest BCUT2D eigenvalue weighted by molar-refractivity contribution is 7.15. The maximum absolute atomic E-state index is 10.5. The number of aryl methyl sites for hydroxylation is 1. The third-order valence-corrected chi connectivity index (χ3v) is 2.79. The Bertz CT molecular complexity index is 507. The van der Waals surface area contributed by atoms with E-state index in [2.05, 4.69) is 4.98 Å². The standard InChI is InChI=1S/C10H10N2OS/c1-7(6-13)5-9-8(2)11-10-12(9)3-4-14-10/h3-6H,1-2H3/b7-5-. The maximum Gasteiger partial charge on any atom is 0.194 e. The molecule has 0 aromatic carbocycles. The smallest absolute Gasteiger partial charge is 0.194 e. The Kier molecular flexibility index (Phi) is 2.21. The van der Waals surface area contributed by atoms with E-state index in [-0.39, 0.29) is 0 Å². The van der Waals surface area contributed by atoms with Gasteiger partial charge in [-0.3, -0.25) is 9.20 Å². The number of hydrogen-bond acceptors (Lipinski definition) is 3. The van der Waals surface area contributed by atoms with E-state index in [9.17, 15) is 4.79 Å². The van der Waals surface area contributed by atoms with Crippen molar-refractivity contribution in [1.29, 1.82) is 0 Å². The summed E-state index contributed by atoms with van der Waals surface area (Å²) in [6, 6.07) is 0. The highest BCUT2D eigenvalue weighted by atomic mass is 32.1. The Morgan fingerprint density at radius 1 is 1.64 bits per heavy atom. The molecule has 0 unspecified atom stereocenters. The molecule has 0 saturated carbocycles. The van der Waals surface area contributed by atoms with Crippen molar-refractivity contribution in [2.24, 2.45) is 0 Å². The zero-order valence-electron chi connectivity index (χ0n) is 8.02. The molecule has 0 fully saturated rings. The highest BCUT2D eigenvalue weighted by Crippen LogP contribution is 2.18. The molecule has 2 heterocycles. The molecule has 0 aliphatic rings. The fourth-order valence-electron chi connectivity index (χ4n) is 1.33. The summed E-state index contributed by atoms with van der Waals surface area (Å²) in [7, 11) is 0. The Morgan fingerprint density at radius 3 is 3.14 bits per heavy atom. The first-order valence-corrected chi connectivity index (χ1v) is 5.16. The molecule has 2 aromatic heterocycles. The van der Waals surface area contributed by atoms with Crippen molar-refractivity contribution in [1.82, 2.24) is 9.38 Å². The van der Waals surface area contributed by atoms with Crippen molar-refractivity contribution in [3.63, 3.8) is 0 Å². The van der Waals surface area contributed by atoms with Gasteiger partial charge in [-0.2, -0.15) is 0 Å². The number of rotatable bonds is 2. The van der Waals surface area contributed by atoms with Crippen LogP contribution in [0.25, 0.3) is 11.0 Å². The van der Waals surface area contributed by atoms with Gasteiger partial charge < -0.3 is 0 Å². The number of aldehydes is 1. The van der Waals surface area contributed by atoms with Gasteiger partial charge in [-0.05, 0) is 25.5 Å². The number of carbonyl (C=O) groups is 1. The summed E-state index contributed by atoms with van der Waals surface area (Å²) >= 11 is 1.59. The van der Waals surface area contributed by atoms with Crippen molar-refractivity contribution >= 4 is 28.7 Å². The summed E-state index contributed by atoms with van der Waals surface area (Å²) in [5, 5.41) is 1.98. The van der Waals surface area contributed by atoms with Crippen LogP contribution < -0.4 is 0 Å². The van der Waals surface area contributed by atoms with Gasteiger partial charge in [-0.15, -0.1) is 11.3 Å². The van der Waals surface area contributed by atoms with Gasteiger partial charge in [0, 0.05) is 11.6 Å². The average molecular weight is 206 g/mol.